The third-order valence-electron chi connectivity index (χ3n) is 4.64. The number of fused-ring (bicyclic) bond motifs is 1. The number of morpholine rings is 1. The van der Waals surface area contributed by atoms with Crippen LogP contribution in [0.2, 0.25) is 0 Å². The van der Waals surface area contributed by atoms with Crippen LogP contribution in [-0.4, -0.2) is 43.0 Å². The number of anilines is 1. The van der Waals surface area contributed by atoms with Crippen molar-refractivity contribution in [2.45, 2.75) is 19.3 Å². The Morgan fingerprint density at radius 3 is 2.76 bits per heavy atom. The van der Waals surface area contributed by atoms with Gasteiger partial charge in [-0.25, -0.2) is 0 Å². The van der Waals surface area contributed by atoms with Gasteiger partial charge in [0.2, 0.25) is 0 Å². The molecular formula is C19H20N2O3S. The Hall–Kier alpha value is -2.18. The third kappa shape index (κ3) is 3.45. The molecule has 0 spiro atoms. The molecule has 0 bridgehead atoms. The van der Waals surface area contributed by atoms with Crippen molar-refractivity contribution in [3.63, 3.8) is 0 Å². The van der Waals surface area contributed by atoms with Crippen LogP contribution in [0.4, 0.5) is 5.69 Å². The molecule has 2 amide bonds. The van der Waals surface area contributed by atoms with Crippen molar-refractivity contribution in [1.29, 1.82) is 0 Å². The van der Waals surface area contributed by atoms with E-state index in [1.54, 1.807) is 34.4 Å². The van der Waals surface area contributed by atoms with Crippen LogP contribution >= 0.6 is 11.3 Å². The summed E-state index contributed by atoms with van der Waals surface area (Å²) in [7, 11) is 0. The van der Waals surface area contributed by atoms with Crippen molar-refractivity contribution in [3.05, 3.63) is 51.2 Å². The van der Waals surface area contributed by atoms with E-state index >= 15 is 0 Å². The van der Waals surface area contributed by atoms with Gasteiger partial charge in [-0.3, -0.25) is 9.59 Å². The number of ether oxygens (including phenoxy) is 1. The van der Waals surface area contributed by atoms with Crippen molar-refractivity contribution in [1.82, 2.24) is 4.90 Å². The molecule has 1 saturated heterocycles. The van der Waals surface area contributed by atoms with Gasteiger partial charge in [-0.15, -0.1) is 11.3 Å². The molecule has 5 nitrogen and oxygen atoms in total. The Morgan fingerprint density at radius 1 is 1.12 bits per heavy atom. The van der Waals surface area contributed by atoms with Crippen LogP contribution in [0.5, 0.6) is 0 Å². The van der Waals surface area contributed by atoms with Crippen molar-refractivity contribution in [3.8, 4) is 0 Å². The minimum atomic E-state index is -0.102. The maximum absolute atomic E-state index is 12.6. The average molecular weight is 356 g/mol. The lowest BCUT2D eigenvalue weighted by Crippen LogP contribution is -2.40. The standard InChI is InChI=1S/C19H20N2O3S/c22-18(17-12-13-3-2-6-16(13)25-17)20-15-5-1-4-14(11-15)19(23)21-7-9-24-10-8-21/h1,4-5,11-12H,2-3,6-10H2,(H,20,22). The molecule has 25 heavy (non-hydrogen) atoms. The van der Waals surface area contributed by atoms with Gasteiger partial charge in [0.15, 0.2) is 0 Å². The lowest BCUT2D eigenvalue weighted by Gasteiger charge is -2.27. The van der Waals surface area contributed by atoms with Gasteiger partial charge in [-0.1, -0.05) is 6.07 Å². The van der Waals surface area contributed by atoms with Crippen molar-refractivity contribution >= 4 is 28.8 Å². The number of amides is 2. The van der Waals surface area contributed by atoms with Crippen LogP contribution in [0.15, 0.2) is 30.3 Å². The molecule has 0 unspecified atom stereocenters. The number of hydrogen-bond donors (Lipinski definition) is 1. The lowest BCUT2D eigenvalue weighted by molar-refractivity contribution is 0.0303. The van der Waals surface area contributed by atoms with E-state index < -0.39 is 0 Å². The summed E-state index contributed by atoms with van der Waals surface area (Å²) in [6.45, 7) is 2.36. The maximum atomic E-state index is 12.6. The van der Waals surface area contributed by atoms with Gasteiger partial charge in [0.1, 0.15) is 0 Å². The van der Waals surface area contributed by atoms with Crippen molar-refractivity contribution < 1.29 is 14.3 Å². The summed E-state index contributed by atoms with van der Waals surface area (Å²) in [5.74, 6) is -0.120. The predicted octanol–water partition coefficient (Wildman–Crippen LogP) is 2.96. The summed E-state index contributed by atoms with van der Waals surface area (Å²) >= 11 is 1.58. The molecule has 1 aliphatic heterocycles. The Labute approximate surface area is 150 Å². The molecule has 1 N–H and O–H groups in total. The zero-order chi connectivity index (χ0) is 17.2. The van der Waals surface area contributed by atoms with E-state index in [0.717, 1.165) is 17.7 Å². The normalized spacial score (nSPS) is 16.6. The second-order valence-electron chi connectivity index (χ2n) is 6.35. The number of hydrogen-bond acceptors (Lipinski definition) is 4. The van der Waals surface area contributed by atoms with Crippen LogP contribution in [0.3, 0.4) is 0 Å². The molecule has 130 valence electrons. The molecule has 6 heteroatoms. The summed E-state index contributed by atoms with van der Waals surface area (Å²) in [6.07, 6.45) is 3.34. The fourth-order valence-electron chi connectivity index (χ4n) is 3.31. The summed E-state index contributed by atoms with van der Waals surface area (Å²) in [4.78, 5) is 28.9. The van der Waals surface area contributed by atoms with E-state index in [4.69, 9.17) is 4.74 Å². The molecule has 1 aliphatic carbocycles. The van der Waals surface area contributed by atoms with Gasteiger partial charge in [-0.2, -0.15) is 0 Å². The van der Waals surface area contributed by atoms with Gasteiger partial charge in [0, 0.05) is 29.2 Å². The number of rotatable bonds is 3. The van der Waals surface area contributed by atoms with Gasteiger partial charge < -0.3 is 15.0 Å². The molecule has 1 aromatic heterocycles. The van der Waals surface area contributed by atoms with Crippen molar-refractivity contribution in [2.75, 3.05) is 31.6 Å². The molecule has 0 radical (unpaired) electrons. The van der Waals surface area contributed by atoms with Crippen LogP contribution in [0, 0.1) is 0 Å². The number of benzene rings is 1. The molecule has 0 atom stereocenters. The largest absolute Gasteiger partial charge is 0.378 e. The minimum absolute atomic E-state index is 0.0190. The van der Waals surface area contributed by atoms with E-state index in [9.17, 15) is 9.59 Å². The predicted molar refractivity (Wildman–Crippen MR) is 97.5 cm³/mol. The molecule has 2 aliphatic rings. The highest BCUT2D eigenvalue weighted by molar-refractivity contribution is 7.14. The van der Waals surface area contributed by atoms with Crippen molar-refractivity contribution in [2.24, 2.45) is 0 Å². The SMILES string of the molecule is O=C(Nc1cccc(C(=O)N2CCOCC2)c1)c1cc2c(s1)CCC2. The quantitative estimate of drug-likeness (QED) is 0.920. The van der Waals surface area contributed by atoms with E-state index in [1.165, 1.54) is 16.9 Å². The molecule has 2 heterocycles. The van der Waals surface area contributed by atoms with E-state index in [-0.39, 0.29) is 11.8 Å². The zero-order valence-electron chi connectivity index (χ0n) is 13.9. The summed E-state index contributed by atoms with van der Waals surface area (Å²) < 4.78 is 5.29. The second kappa shape index (κ2) is 6.98. The molecule has 1 aromatic carbocycles. The fraction of sp³-hybridized carbons (Fsp3) is 0.368. The maximum Gasteiger partial charge on any atom is 0.265 e. The monoisotopic (exact) mass is 356 g/mol. The summed E-state index contributed by atoms with van der Waals surface area (Å²) in [6, 6.07) is 9.15. The highest BCUT2D eigenvalue weighted by Crippen LogP contribution is 2.31. The molecule has 4 rings (SSSR count). The van der Waals surface area contributed by atoms with Gasteiger partial charge >= 0.3 is 0 Å². The Morgan fingerprint density at radius 2 is 1.96 bits per heavy atom. The number of carbonyl (C=O) groups is 2. The van der Waals surface area contributed by atoms with E-state index in [1.807, 2.05) is 12.1 Å². The first-order valence-corrected chi connectivity index (χ1v) is 9.42. The minimum Gasteiger partial charge on any atom is -0.378 e. The van der Waals surface area contributed by atoms with Gasteiger partial charge in [0.25, 0.3) is 11.8 Å². The smallest absolute Gasteiger partial charge is 0.265 e. The molecule has 1 fully saturated rings. The highest BCUT2D eigenvalue weighted by Gasteiger charge is 2.20. The number of carbonyl (C=O) groups excluding carboxylic acids is 2. The van der Waals surface area contributed by atoms with Crippen LogP contribution in [0.25, 0.3) is 0 Å². The van der Waals surface area contributed by atoms with Crippen LogP contribution in [-0.2, 0) is 17.6 Å². The number of aryl methyl sites for hydroxylation is 2. The second-order valence-corrected chi connectivity index (χ2v) is 7.49. The Balaban J connectivity index is 1.47. The average Bonchev–Trinajstić information content (AvgIpc) is 3.24. The first kappa shape index (κ1) is 16.3. The molecule has 2 aromatic rings. The number of thiophene rings is 1. The number of nitrogens with one attached hydrogen (secondary N) is 1. The summed E-state index contributed by atoms with van der Waals surface area (Å²) in [5.41, 5.74) is 2.55. The molecule has 0 saturated carbocycles. The fourth-order valence-corrected chi connectivity index (χ4v) is 4.46. The highest BCUT2D eigenvalue weighted by atomic mass is 32.1. The van der Waals surface area contributed by atoms with Crippen LogP contribution in [0.1, 0.15) is 36.9 Å². The van der Waals surface area contributed by atoms with E-state index in [2.05, 4.69) is 5.32 Å². The Bertz CT molecular complexity index is 787. The first-order chi connectivity index (χ1) is 12.2. The number of nitrogens with zero attached hydrogens (tertiary/aromatic N) is 1. The first-order valence-electron chi connectivity index (χ1n) is 8.61. The Kier molecular flexibility index (Phi) is 4.55. The molecular weight excluding hydrogens is 336 g/mol. The van der Waals surface area contributed by atoms with E-state index in [0.29, 0.717) is 37.6 Å². The lowest BCUT2D eigenvalue weighted by atomic mass is 10.1. The van der Waals surface area contributed by atoms with Gasteiger partial charge in [0.05, 0.1) is 18.1 Å². The van der Waals surface area contributed by atoms with Crippen LogP contribution < -0.4 is 5.32 Å². The topological polar surface area (TPSA) is 58.6 Å². The summed E-state index contributed by atoms with van der Waals surface area (Å²) in [5, 5.41) is 2.92. The zero-order valence-corrected chi connectivity index (χ0v) is 14.7. The third-order valence-corrected chi connectivity index (χ3v) is 5.87. The van der Waals surface area contributed by atoms with Gasteiger partial charge in [-0.05, 0) is 49.1 Å².